The highest BCUT2D eigenvalue weighted by molar-refractivity contribution is 7.99. The molecule has 18 heavy (non-hydrogen) atoms. The first kappa shape index (κ1) is 16.3. The van der Waals surface area contributed by atoms with Crippen molar-refractivity contribution in [3.63, 3.8) is 0 Å². The second kappa shape index (κ2) is 8.44. The van der Waals surface area contributed by atoms with Gasteiger partial charge in [-0.1, -0.05) is 27.7 Å². The van der Waals surface area contributed by atoms with Crippen LogP contribution in [0.25, 0.3) is 0 Å². The molecule has 108 valence electrons. The van der Waals surface area contributed by atoms with E-state index in [0.29, 0.717) is 6.04 Å². The van der Waals surface area contributed by atoms with Crippen molar-refractivity contribution in [1.29, 1.82) is 0 Å². The lowest BCUT2D eigenvalue weighted by atomic mass is 9.98. The van der Waals surface area contributed by atoms with Gasteiger partial charge in [-0.15, -0.1) is 0 Å². The molecule has 0 aromatic carbocycles. The number of rotatable bonds is 7. The molecule has 0 radical (unpaired) electrons. The Morgan fingerprint density at radius 3 is 2.56 bits per heavy atom. The Morgan fingerprint density at radius 2 is 2.00 bits per heavy atom. The topological polar surface area (TPSA) is 15.3 Å². The molecule has 0 spiro atoms. The van der Waals surface area contributed by atoms with Gasteiger partial charge >= 0.3 is 0 Å². The van der Waals surface area contributed by atoms with Gasteiger partial charge in [0.2, 0.25) is 0 Å². The molecule has 0 bridgehead atoms. The highest BCUT2D eigenvalue weighted by Gasteiger charge is 2.29. The molecule has 1 aliphatic rings. The zero-order chi connectivity index (χ0) is 13.5. The average molecular weight is 273 g/mol. The maximum absolute atomic E-state index is 3.74. The van der Waals surface area contributed by atoms with Gasteiger partial charge in [-0.05, 0) is 31.4 Å². The number of nitrogens with one attached hydrogen (secondary N) is 1. The lowest BCUT2D eigenvalue weighted by Gasteiger charge is -2.44. The lowest BCUT2D eigenvalue weighted by molar-refractivity contribution is 0.0898. The molecule has 2 nitrogen and oxygen atoms in total. The Morgan fingerprint density at radius 1 is 1.28 bits per heavy atom. The Labute approximate surface area is 118 Å². The monoisotopic (exact) mass is 272 g/mol. The number of thioether (sulfide) groups is 1. The van der Waals surface area contributed by atoms with Gasteiger partial charge in [0.25, 0.3) is 0 Å². The van der Waals surface area contributed by atoms with Crippen LogP contribution in [0.5, 0.6) is 0 Å². The van der Waals surface area contributed by atoms with E-state index in [-0.39, 0.29) is 0 Å². The molecule has 0 aromatic rings. The van der Waals surface area contributed by atoms with Gasteiger partial charge in [0, 0.05) is 37.0 Å². The fourth-order valence-corrected chi connectivity index (χ4v) is 3.69. The first-order valence-electron chi connectivity index (χ1n) is 7.65. The predicted molar refractivity (Wildman–Crippen MR) is 84.5 cm³/mol. The Hall–Kier alpha value is 0.270. The maximum atomic E-state index is 3.74. The molecule has 3 atom stereocenters. The maximum Gasteiger partial charge on any atom is 0.0221 e. The summed E-state index contributed by atoms with van der Waals surface area (Å²) in [6.45, 7) is 14.1. The molecule has 1 N–H and O–H groups in total. The van der Waals surface area contributed by atoms with E-state index in [2.05, 4.69) is 56.6 Å². The molecule has 1 heterocycles. The van der Waals surface area contributed by atoms with Crippen LogP contribution in [-0.4, -0.2) is 47.6 Å². The molecule has 0 amide bonds. The van der Waals surface area contributed by atoms with Crippen LogP contribution in [0.15, 0.2) is 0 Å². The normalized spacial score (nSPS) is 27.7. The molecule has 1 fully saturated rings. The van der Waals surface area contributed by atoms with Gasteiger partial charge < -0.3 is 5.32 Å². The van der Waals surface area contributed by atoms with E-state index in [4.69, 9.17) is 0 Å². The largest absolute Gasteiger partial charge is 0.311 e. The first-order chi connectivity index (χ1) is 8.58. The van der Waals surface area contributed by atoms with Crippen LogP contribution in [0.1, 0.15) is 47.5 Å². The summed E-state index contributed by atoms with van der Waals surface area (Å²) < 4.78 is 0. The molecular weight excluding hydrogens is 240 g/mol. The molecular formula is C15H32N2S. The number of hydrogen-bond donors (Lipinski definition) is 1. The summed E-state index contributed by atoms with van der Waals surface area (Å²) >= 11 is 2.08. The third-order valence-corrected chi connectivity index (χ3v) is 5.03. The van der Waals surface area contributed by atoms with Crippen LogP contribution in [0.2, 0.25) is 0 Å². The zero-order valence-corrected chi connectivity index (χ0v) is 13.7. The Kier molecular flexibility index (Phi) is 7.66. The summed E-state index contributed by atoms with van der Waals surface area (Å²) in [5.41, 5.74) is 0. The second-order valence-electron chi connectivity index (χ2n) is 6.00. The summed E-state index contributed by atoms with van der Waals surface area (Å²) in [5, 5.41) is 3.74. The Bertz CT molecular complexity index is 221. The summed E-state index contributed by atoms with van der Waals surface area (Å²) in [7, 11) is 0. The predicted octanol–water partition coefficient (Wildman–Crippen LogP) is 3.23. The molecule has 3 heteroatoms. The fourth-order valence-electron chi connectivity index (χ4n) is 2.92. The van der Waals surface area contributed by atoms with Crippen LogP contribution in [0, 0.1) is 5.92 Å². The van der Waals surface area contributed by atoms with Crippen molar-refractivity contribution in [3.05, 3.63) is 0 Å². The van der Waals surface area contributed by atoms with Gasteiger partial charge in [-0.25, -0.2) is 0 Å². The van der Waals surface area contributed by atoms with Gasteiger partial charge in [0.15, 0.2) is 0 Å². The molecule has 3 unspecified atom stereocenters. The highest BCUT2D eigenvalue weighted by atomic mass is 32.2. The summed E-state index contributed by atoms with van der Waals surface area (Å²) in [6, 6.07) is 2.15. The van der Waals surface area contributed by atoms with Crippen molar-refractivity contribution in [2.75, 3.05) is 24.6 Å². The zero-order valence-electron chi connectivity index (χ0n) is 12.9. The quantitative estimate of drug-likeness (QED) is 0.766. The van der Waals surface area contributed by atoms with E-state index in [1.54, 1.807) is 0 Å². The smallest absolute Gasteiger partial charge is 0.0221 e. The van der Waals surface area contributed by atoms with Crippen molar-refractivity contribution >= 4 is 11.8 Å². The van der Waals surface area contributed by atoms with Crippen LogP contribution in [0.3, 0.4) is 0 Å². The van der Waals surface area contributed by atoms with E-state index >= 15 is 0 Å². The van der Waals surface area contributed by atoms with Crippen LogP contribution in [-0.2, 0) is 0 Å². The van der Waals surface area contributed by atoms with Crippen LogP contribution < -0.4 is 5.32 Å². The molecule has 0 aliphatic carbocycles. The minimum atomic E-state index is 0.696. The van der Waals surface area contributed by atoms with Crippen molar-refractivity contribution in [2.24, 2.45) is 5.92 Å². The van der Waals surface area contributed by atoms with Crippen molar-refractivity contribution in [3.8, 4) is 0 Å². The van der Waals surface area contributed by atoms with Gasteiger partial charge in [-0.2, -0.15) is 11.8 Å². The van der Waals surface area contributed by atoms with E-state index < -0.39 is 0 Å². The summed E-state index contributed by atoms with van der Waals surface area (Å²) in [6.07, 6.45) is 2.57. The molecule has 1 saturated heterocycles. The minimum Gasteiger partial charge on any atom is -0.311 e. The fraction of sp³-hybridized carbons (Fsp3) is 1.00. The third kappa shape index (κ3) is 5.10. The standard InChI is InChI=1S/C15H32N2S/c1-6-15-9-16-14(8-12(3)4)10-17(15)13(5)11-18-7-2/h12-16H,6-11H2,1-5H3. The van der Waals surface area contributed by atoms with E-state index in [1.165, 1.54) is 37.4 Å². The second-order valence-corrected chi connectivity index (χ2v) is 7.32. The molecule has 0 aromatic heterocycles. The molecule has 1 rings (SSSR count). The molecule has 0 saturated carbocycles. The van der Waals surface area contributed by atoms with E-state index in [0.717, 1.165) is 18.0 Å². The summed E-state index contributed by atoms with van der Waals surface area (Å²) in [4.78, 5) is 2.76. The van der Waals surface area contributed by atoms with Gasteiger partial charge in [0.05, 0.1) is 0 Å². The highest BCUT2D eigenvalue weighted by Crippen LogP contribution is 2.19. The Balaban J connectivity index is 2.52. The van der Waals surface area contributed by atoms with Crippen LogP contribution in [0.4, 0.5) is 0 Å². The van der Waals surface area contributed by atoms with Gasteiger partial charge in [-0.3, -0.25) is 4.90 Å². The lowest BCUT2D eigenvalue weighted by Crippen LogP contribution is -2.59. The van der Waals surface area contributed by atoms with Crippen molar-refractivity contribution in [1.82, 2.24) is 10.2 Å². The van der Waals surface area contributed by atoms with Crippen molar-refractivity contribution in [2.45, 2.75) is 65.6 Å². The average Bonchev–Trinajstić information content (AvgIpc) is 2.35. The SMILES string of the molecule is CCSCC(C)N1CC(CC(C)C)NCC1CC. The summed E-state index contributed by atoms with van der Waals surface area (Å²) in [5.74, 6) is 3.31. The third-order valence-electron chi connectivity index (χ3n) is 3.90. The number of nitrogens with zero attached hydrogens (tertiary/aromatic N) is 1. The minimum absolute atomic E-state index is 0.696. The van der Waals surface area contributed by atoms with E-state index in [1.807, 2.05) is 0 Å². The number of piperazine rings is 1. The van der Waals surface area contributed by atoms with Crippen LogP contribution >= 0.6 is 11.8 Å². The van der Waals surface area contributed by atoms with E-state index in [9.17, 15) is 0 Å². The number of hydrogen-bond acceptors (Lipinski definition) is 3. The molecule has 1 aliphatic heterocycles. The van der Waals surface area contributed by atoms with Crippen molar-refractivity contribution < 1.29 is 0 Å². The van der Waals surface area contributed by atoms with Gasteiger partial charge in [0.1, 0.15) is 0 Å². The first-order valence-corrected chi connectivity index (χ1v) is 8.80.